The van der Waals surface area contributed by atoms with Gasteiger partial charge in [-0.2, -0.15) is 0 Å². The van der Waals surface area contributed by atoms with Gasteiger partial charge in [-0.15, -0.1) is 0 Å². The molecule has 0 aromatic rings. The fourth-order valence-corrected chi connectivity index (χ4v) is 4.37. The molecule has 0 unspecified atom stereocenters. The maximum Gasteiger partial charge on any atom is 0.303 e. The summed E-state index contributed by atoms with van der Waals surface area (Å²) in [5.41, 5.74) is -0.230. The molecule has 0 radical (unpaired) electrons. The number of hydrogen-bond acceptors (Lipinski definition) is 11. The maximum atomic E-state index is 12.8. The van der Waals surface area contributed by atoms with Crippen LogP contribution in [0.25, 0.3) is 0 Å². The summed E-state index contributed by atoms with van der Waals surface area (Å²) in [5.74, 6) is -3.02. The SMILES string of the molecule is CC(=O)N[C@H]1[C@@H](OC(C)=O)[C@H](OC(C)=O)[C@@H](COC(C)=O)O[C@H]1N=C(C)C1=C(O)CC(C)(C)CC1=O. The Bertz CT molecular complexity index is 983. The van der Waals surface area contributed by atoms with Gasteiger partial charge in [-0.05, 0) is 12.3 Å². The molecule has 1 amide bonds. The van der Waals surface area contributed by atoms with Crippen molar-refractivity contribution >= 4 is 35.3 Å². The fraction of sp³-hybridized carbons (Fsp3) is 0.667. The third-order valence-corrected chi connectivity index (χ3v) is 5.63. The Morgan fingerprint density at radius 3 is 2.08 bits per heavy atom. The van der Waals surface area contributed by atoms with Gasteiger partial charge in [-0.25, -0.2) is 0 Å². The predicted molar refractivity (Wildman–Crippen MR) is 125 cm³/mol. The Labute approximate surface area is 209 Å². The van der Waals surface area contributed by atoms with Crippen LogP contribution in [0.2, 0.25) is 0 Å². The van der Waals surface area contributed by atoms with Crippen LogP contribution in [0, 0.1) is 5.41 Å². The van der Waals surface area contributed by atoms with E-state index in [1.807, 2.05) is 13.8 Å². The zero-order chi connectivity index (χ0) is 27.4. The average Bonchev–Trinajstić information content (AvgIpc) is 2.68. The van der Waals surface area contributed by atoms with E-state index in [2.05, 4.69) is 10.3 Å². The number of carbonyl (C=O) groups excluding carboxylic acids is 5. The molecule has 12 nitrogen and oxygen atoms in total. The molecule has 2 N–H and O–H groups in total. The van der Waals surface area contributed by atoms with Gasteiger partial charge in [-0.3, -0.25) is 29.0 Å². The second-order valence-electron chi connectivity index (χ2n) is 9.72. The number of allylic oxidation sites excluding steroid dienone is 2. The van der Waals surface area contributed by atoms with Gasteiger partial charge in [0.15, 0.2) is 24.2 Å². The summed E-state index contributed by atoms with van der Waals surface area (Å²) in [7, 11) is 0. The lowest BCUT2D eigenvalue weighted by Gasteiger charge is -2.44. The number of aliphatic imine (C=N–C) groups is 1. The van der Waals surface area contributed by atoms with Crippen molar-refractivity contribution in [2.45, 2.75) is 91.9 Å². The molecule has 1 aliphatic heterocycles. The highest BCUT2D eigenvalue weighted by Gasteiger charge is 2.51. The Morgan fingerprint density at radius 2 is 1.58 bits per heavy atom. The monoisotopic (exact) mass is 510 g/mol. The number of nitrogens with zero attached hydrogens (tertiary/aromatic N) is 1. The van der Waals surface area contributed by atoms with Crippen LogP contribution in [0.4, 0.5) is 0 Å². The minimum absolute atomic E-state index is 0.0437. The van der Waals surface area contributed by atoms with E-state index in [4.69, 9.17) is 18.9 Å². The number of carbonyl (C=O) groups is 5. The lowest BCUT2D eigenvalue weighted by molar-refractivity contribution is -0.222. The van der Waals surface area contributed by atoms with E-state index in [-0.39, 0.29) is 42.3 Å². The number of nitrogens with one attached hydrogen (secondary N) is 1. The van der Waals surface area contributed by atoms with E-state index in [1.54, 1.807) is 0 Å². The van der Waals surface area contributed by atoms with Crippen molar-refractivity contribution < 1.29 is 48.0 Å². The maximum absolute atomic E-state index is 12.8. The van der Waals surface area contributed by atoms with Crippen molar-refractivity contribution in [2.75, 3.05) is 6.61 Å². The Kier molecular flexibility index (Phi) is 9.36. The molecular weight excluding hydrogens is 476 g/mol. The van der Waals surface area contributed by atoms with Crippen LogP contribution in [0.5, 0.6) is 0 Å². The standard InChI is InChI=1S/C24H34N2O10/c1-11(19-16(31)8-24(6,7)9-17(19)32)25-23-20(26-12(2)27)22(35-15(5)30)21(34-14(4)29)18(36-23)10-33-13(3)28/h18,20-23,31H,8-10H2,1-7H3,(H,26,27)/t18-,20+,21-,22-,23-/m1/s1. The predicted octanol–water partition coefficient (Wildman–Crippen LogP) is 1.30. The number of aliphatic hydroxyl groups excluding tert-OH is 1. The summed E-state index contributed by atoms with van der Waals surface area (Å²) in [5, 5.41) is 13.2. The number of rotatable bonds is 7. The highest BCUT2D eigenvalue weighted by Crippen LogP contribution is 2.36. The van der Waals surface area contributed by atoms with E-state index in [1.165, 1.54) is 20.8 Å². The van der Waals surface area contributed by atoms with Crippen molar-refractivity contribution in [3.63, 3.8) is 0 Å². The number of hydrogen-bond donors (Lipinski definition) is 2. The van der Waals surface area contributed by atoms with E-state index in [0.717, 1.165) is 13.8 Å². The first-order chi connectivity index (χ1) is 16.6. The van der Waals surface area contributed by atoms with Gasteiger partial charge in [0.1, 0.15) is 24.5 Å². The molecule has 0 aromatic heterocycles. The number of ether oxygens (including phenoxy) is 4. The zero-order valence-electron chi connectivity index (χ0n) is 21.6. The number of esters is 3. The molecular formula is C24H34N2O10. The molecule has 36 heavy (non-hydrogen) atoms. The first kappa shape index (κ1) is 29.0. The molecule has 2 aliphatic rings. The molecule has 200 valence electrons. The van der Waals surface area contributed by atoms with Crippen molar-refractivity contribution in [3.8, 4) is 0 Å². The van der Waals surface area contributed by atoms with E-state index in [9.17, 15) is 29.1 Å². The minimum Gasteiger partial charge on any atom is -0.511 e. The van der Waals surface area contributed by atoms with Crippen LogP contribution >= 0.6 is 0 Å². The highest BCUT2D eigenvalue weighted by molar-refractivity contribution is 6.22. The van der Waals surface area contributed by atoms with Crippen LogP contribution in [0.1, 0.15) is 61.3 Å². The normalized spacial score (nSPS) is 28.2. The van der Waals surface area contributed by atoms with Gasteiger partial charge in [0, 0.05) is 46.2 Å². The molecule has 0 aromatic carbocycles. The van der Waals surface area contributed by atoms with Gasteiger partial charge in [-0.1, -0.05) is 13.8 Å². The number of amides is 1. The lowest BCUT2D eigenvalue weighted by Crippen LogP contribution is -2.65. The Balaban J connectivity index is 2.57. The van der Waals surface area contributed by atoms with Crippen molar-refractivity contribution in [2.24, 2.45) is 10.4 Å². The zero-order valence-corrected chi connectivity index (χ0v) is 21.6. The lowest BCUT2D eigenvalue weighted by atomic mass is 9.76. The molecule has 5 atom stereocenters. The first-order valence-electron chi connectivity index (χ1n) is 11.5. The third-order valence-electron chi connectivity index (χ3n) is 5.63. The first-order valence-corrected chi connectivity index (χ1v) is 11.5. The van der Waals surface area contributed by atoms with E-state index in [0.29, 0.717) is 0 Å². The second kappa shape index (κ2) is 11.6. The third kappa shape index (κ3) is 7.61. The molecule has 12 heteroatoms. The van der Waals surface area contributed by atoms with Crippen molar-refractivity contribution in [1.82, 2.24) is 5.32 Å². The summed E-state index contributed by atoms with van der Waals surface area (Å²) in [6.07, 6.45) is -4.44. The summed E-state index contributed by atoms with van der Waals surface area (Å²) < 4.78 is 21.8. The van der Waals surface area contributed by atoms with Crippen molar-refractivity contribution in [3.05, 3.63) is 11.3 Å². The smallest absolute Gasteiger partial charge is 0.303 e. The van der Waals surface area contributed by atoms with Crippen LogP contribution in [-0.4, -0.2) is 77.6 Å². The summed E-state index contributed by atoms with van der Waals surface area (Å²) in [6, 6.07) is -1.14. The second-order valence-corrected chi connectivity index (χ2v) is 9.72. The van der Waals surface area contributed by atoms with E-state index >= 15 is 0 Å². The van der Waals surface area contributed by atoms with Crippen LogP contribution < -0.4 is 5.32 Å². The summed E-state index contributed by atoms with van der Waals surface area (Å²) in [6.45, 7) is 9.55. The topological polar surface area (TPSA) is 167 Å². The number of ketones is 1. The fourth-order valence-electron chi connectivity index (χ4n) is 4.37. The molecule has 0 bridgehead atoms. The molecule has 2 rings (SSSR count). The largest absolute Gasteiger partial charge is 0.511 e. The molecule has 1 heterocycles. The molecule has 1 saturated heterocycles. The van der Waals surface area contributed by atoms with Gasteiger partial charge in [0.2, 0.25) is 5.91 Å². The average molecular weight is 511 g/mol. The minimum atomic E-state index is -1.27. The van der Waals surface area contributed by atoms with Crippen LogP contribution in [0.15, 0.2) is 16.3 Å². The van der Waals surface area contributed by atoms with Crippen LogP contribution in [-0.2, 0) is 42.9 Å². The quantitative estimate of drug-likeness (QED) is 0.289. The molecule has 1 aliphatic carbocycles. The van der Waals surface area contributed by atoms with Gasteiger partial charge in [0.25, 0.3) is 0 Å². The molecule has 1 fully saturated rings. The van der Waals surface area contributed by atoms with Gasteiger partial charge < -0.3 is 29.4 Å². The van der Waals surface area contributed by atoms with Crippen molar-refractivity contribution in [1.29, 1.82) is 0 Å². The van der Waals surface area contributed by atoms with Crippen LogP contribution in [0.3, 0.4) is 0 Å². The van der Waals surface area contributed by atoms with Gasteiger partial charge >= 0.3 is 17.9 Å². The molecule has 0 spiro atoms. The summed E-state index contributed by atoms with van der Waals surface area (Å²) >= 11 is 0. The highest BCUT2D eigenvalue weighted by atomic mass is 16.6. The summed E-state index contributed by atoms with van der Waals surface area (Å²) in [4.78, 5) is 64.5. The van der Waals surface area contributed by atoms with Gasteiger partial charge in [0.05, 0.1) is 5.57 Å². The molecule has 0 saturated carbocycles. The Morgan fingerprint density at radius 1 is 1.00 bits per heavy atom. The van der Waals surface area contributed by atoms with E-state index < -0.39 is 59.8 Å². The number of Topliss-reactive ketones (excluding diaryl/α,β-unsaturated/α-hetero) is 1. The number of aliphatic hydroxyl groups is 1. The Hall–Kier alpha value is -3.28.